The number of benzene rings is 3. The monoisotopic (exact) mass is 367 g/mol. The van der Waals surface area contributed by atoms with E-state index in [1.165, 1.54) is 5.56 Å². The highest BCUT2D eigenvalue weighted by atomic mass is 16.5. The normalized spacial score (nSPS) is 21.7. The van der Waals surface area contributed by atoms with E-state index in [9.17, 15) is 0 Å². The van der Waals surface area contributed by atoms with E-state index < -0.39 is 0 Å². The zero-order valence-corrected chi connectivity index (χ0v) is 15.4. The summed E-state index contributed by atoms with van der Waals surface area (Å²) in [6.45, 7) is 0. The fraction of sp³-hybridized carbons (Fsp3) is 0.120. The highest BCUT2D eigenvalue weighted by Crippen LogP contribution is 2.52. The molecule has 3 heteroatoms. The molecule has 0 amide bonds. The van der Waals surface area contributed by atoms with Crippen LogP contribution >= 0.6 is 0 Å². The molecule has 1 aromatic heterocycles. The summed E-state index contributed by atoms with van der Waals surface area (Å²) in [6, 6.07) is 35.3. The second-order valence-corrected chi connectivity index (χ2v) is 6.93. The fourth-order valence-electron chi connectivity index (χ4n) is 3.99. The molecule has 0 radical (unpaired) electrons. The van der Waals surface area contributed by atoms with Gasteiger partial charge >= 0.3 is 0 Å². The molecule has 3 nitrogen and oxygen atoms in total. The van der Waals surface area contributed by atoms with Gasteiger partial charge in [-0.3, -0.25) is 0 Å². The van der Waals surface area contributed by atoms with Crippen molar-refractivity contribution in [2.24, 2.45) is 0 Å². The van der Waals surface area contributed by atoms with E-state index in [4.69, 9.17) is 9.15 Å². The summed E-state index contributed by atoms with van der Waals surface area (Å²) >= 11 is 0. The van der Waals surface area contributed by atoms with Crippen LogP contribution in [0.25, 0.3) is 0 Å². The summed E-state index contributed by atoms with van der Waals surface area (Å²) in [4.78, 5) is 2.33. The topological polar surface area (TPSA) is 25.6 Å². The van der Waals surface area contributed by atoms with E-state index in [0.717, 1.165) is 17.0 Å². The molecule has 0 N–H and O–H groups in total. The summed E-state index contributed by atoms with van der Waals surface area (Å²) in [5, 5.41) is 0. The van der Waals surface area contributed by atoms with Crippen LogP contribution in [0, 0.1) is 0 Å². The van der Waals surface area contributed by atoms with Crippen LogP contribution in [0.1, 0.15) is 35.3 Å². The maximum absolute atomic E-state index is 6.66. The Morgan fingerprint density at radius 2 is 1.21 bits per heavy atom. The van der Waals surface area contributed by atoms with E-state index in [2.05, 4.69) is 77.7 Å². The van der Waals surface area contributed by atoms with Gasteiger partial charge in [-0.05, 0) is 35.4 Å². The first-order valence-corrected chi connectivity index (χ1v) is 9.54. The number of hydrogen-bond acceptors (Lipinski definition) is 3. The summed E-state index contributed by atoms with van der Waals surface area (Å²) in [5.74, 6) is 0.809. The van der Waals surface area contributed by atoms with Crippen molar-refractivity contribution in [3.63, 3.8) is 0 Å². The van der Waals surface area contributed by atoms with Crippen LogP contribution in [-0.4, -0.2) is 0 Å². The Balaban J connectivity index is 1.68. The molecule has 3 aromatic carbocycles. The van der Waals surface area contributed by atoms with Gasteiger partial charge in [0, 0.05) is 5.69 Å². The Labute approximate surface area is 164 Å². The van der Waals surface area contributed by atoms with Gasteiger partial charge in [-0.2, -0.15) is 0 Å². The predicted octanol–water partition coefficient (Wildman–Crippen LogP) is 6.30. The molecule has 0 spiro atoms. The van der Waals surface area contributed by atoms with Gasteiger partial charge in [-0.25, -0.2) is 0 Å². The molecule has 4 aromatic rings. The molecule has 0 bridgehead atoms. The van der Waals surface area contributed by atoms with Crippen molar-refractivity contribution < 1.29 is 9.15 Å². The third-order valence-corrected chi connectivity index (χ3v) is 5.22. The molecule has 138 valence electrons. The molecule has 1 saturated heterocycles. The molecule has 28 heavy (non-hydrogen) atoms. The third kappa shape index (κ3) is 3.00. The lowest BCUT2D eigenvalue weighted by Gasteiger charge is -2.31. The minimum absolute atomic E-state index is 0.0288. The van der Waals surface area contributed by atoms with Crippen molar-refractivity contribution in [1.82, 2.24) is 0 Å². The molecular weight excluding hydrogens is 346 g/mol. The van der Waals surface area contributed by atoms with Crippen molar-refractivity contribution in [2.75, 3.05) is 4.90 Å². The zero-order chi connectivity index (χ0) is 18.8. The Hall–Kier alpha value is -3.30. The highest BCUT2D eigenvalue weighted by Gasteiger charge is 2.45. The number of ether oxygens (including phenoxy) is 1. The quantitative estimate of drug-likeness (QED) is 0.423. The summed E-state index contributed by atoms with van der Waals surface area (Å²) < 4.78 is 12.4. The molecule has 2 heterocycles. The van der Waals surface area contributed by atoms with Crippen LogP contribution in [0.2, 0.25) is 0 Å². The predicted molar refractivity (Wildman–Crippen MR) is 110 cm³/mol. The SMILES string of the molecule is c1ccc([C@@H]2[C@H](c3ccccc3)O[C@@H](c3ccco3)N2c2ccccc2)cc1. The smallest absolute Gasteiger partial charge is 0.190 e. The van der Waals surface area contributed by atoms with E-state index in [0.29, 0.717) is 0 Å². The van der Waals surface area contributed by atoms with Crippen molar-refractivity contribution in [3.8, 4) is 0 Å². The number of hydrogen-bond donors (Lipinski definition) is 0. The second-order valence-electron chi connectivity index (χ2n) is 6.93. The van der Waals surface area contributed by atoms with Gasteiger partial charge in [-0.15, -0.1) is 0 Å². The van der Waals surface area contributed by atoms with Crippen LogP contribution in [0.5, 0.6) is 0 Å². The maximum Gasteiger partial charge on any atom is 0.190 e. The Morgan fingerprint density at radius 1 is 0.607 bits per heavy atom. The standard InChI is InChI=1S/C25H21NO2/c1-4-11-19(12-5-1)23-24(20-13-6-2-7-14-20)28-25(22-17-10-18-27-22)26(23)21-15-8-3-9-16-21/h1-18,23-25H/t23-,24+,25+/m1/s1. The molecule has 1 aliphatic rings. The summed E-state index contributed by atoms with van der Waals surface area (Å²) in [6.07, 6.45) is 1.29. The van der Waals surface area contributed by atoms with E-state index in [1.54, 1.807) is 6.26 Å². The second kappa shape index (κ2) is 7.37. The van der Waals surface area contributed by atoms with Crippen molar-refractivity contribution >= 4 is 5.69 Å². The lowest BCUT2D eigenvalue weighted by molar-refractivity contribution is 0.0287. The van der Waals surface area contributed by atoms with Gasteiger partial charge in [0.1, 0.15) is 6.10 Å². The number of anilines is 1. The minimum atomic E-state index is -0.298. The average molecular weight is 367 g/mol. The van der Waals surface area contributed by atoms with Gasteiger partial charge in [0.25, 0.3) is 0 Å². The first kappa shape index (κ1) is 16.8. The van der Waals surface area contributed by atoms with Crippen LogP contribution in [0.15, 0.2) is 114 Å². The van der Waals surface area contributed by atoms with E-state index >= 15 is 0 Å². The Bertz CT molecular complexity index is 1000. The number of furan rings is 1. The lowest BCUT2D eigenvalue weighted by atomic mass is 9.95. The molecule has 5 rings (SSSR count). The van der Waals surface area contributed by atoms with Gasteiger partial charge in [0.15, 0.2) is 12.0 Å². The first-order chi connectivity index (χ1) is 13.9. The zero-order valence-electron chi connectivity index (χ0n) is 15.4. The highest BCUT2D eigenvalue weighted by molar-refractivity contribution is 5.52. The fourth-order valence-corrected chi connectivity index (χ4v) is 3.99. The van der Waals surface area contributed by atoms with Crippen LogP contribution in [0.3, 0.4) is 0 Å². The van der Waals surface area contributed by atoms with Crippen LogP contribution < -0.4 is 4.90 Å². The van der Waals surface area contributed by atoms with Gasteiger partial charge in [0.2, 0.25) is 0 Å². The molecule has 1 aliphatic heterocycles. The number of nitrogens with zero attached hydrogens (tertiary/aromatic N) is 1. The number of para-hydroxylation sites is 1. The third-order valence-electron chi connectivity index (χ3n) is 5.22. The Morgan fingerprint density at radius 3 is 1.82 bits per heavy atom. The Kier molecular flexibility index (Phi) is 4.43. The number of rotatable bonds is 4. The molecule has 1 fully saturated rings. The molecule has 0 saturated carbocycles. The van der Waals surface area contributed by atoms with Crippen molar-refractivity contribution in [3.05, 3.63) is 126 Å². The van der Waals surface area contributed by atoms with Crippen molar-refractivity contribution in [1.29, 1.82) is 0 Å². The van der Waals surface area contributed by atoms with Crippen LogP contribution in [0.4, 0.5) is 5.69 Å². The van der Waals surface area contributed by atoms with Crippen molar-refractivity contribution in [2.45, 2.75) is 18.4 Å². The molecule has 0 aliphatic carbocycles. The minimum Gasteiger partial charge on any atom is -0.465 e. The first-order valence-electron chi connectivity index (χ1n) is 9.54. The molecular formula is C25H21NO2. The summed E-state index contributed by atoms with van der Waals surface area (Å²) in [5.41, 5.74) is 3.48. The van der Waals surface area contributed by atoms with Crippen LogP contribution in [-0.2, 0) is 4.74 Å². The average Bonchev–Trinajstić information content (AvgIpc) is 3.43. The van der Waals surface area contributed by atoms with Gasteiger partial charge < -0.3 is 14.1 Å². The summed E-state index contributed by atoms with van der Waals surface area (Å²) in [7, 11) is 0. The maximum atomic E-state index is 6.66. The van der Waals surface area contributed by atoms with Gasteiger partial charge in [0.05, 0.1) is 12.3 Å². The largest absolute Gasteiger partial charge is 0.465 e. The lowest BCUT2D eigenvalue weighted by Crippen LogP contribution is -2.27. The molecule has 0 unspecified atom stereocenters. The van der Waals surface area contributed by atoms with Gasteiger partial charge in [-0.1, -0.05) is 78.9 Å². The van der Waals surface area contributed by atoms with E-state index in [-0.39, 0.29) is 18.4 Å². The van der Waals surface area contributed by atoms with E-state index in [1.807, 2.05) is 30.3 Å². The molecule has 3 atom stereocenters.